The molecule has 0 radical (unpaired) electrons. The van der Waals surface area contributed by atoms with Crippen LogP contribution in [0.5, 0.6) is 0 Å². The van der Waals surface area contributed by atoms with E-state index in [0.29, 0.717) is 22.9 Å². The minimum atomic E-state index is -0.233. The molecule has 2 rings (SSSR count). The number of anilines is 3. The fourth-order valence-corrected chi connectivity index (χ4v) is 2.03. The van der Waals surface area contributed by atoms with E-state index in [1.54, 1.807) is 36.5 Å². The Morgan fingerprint density at radius 2 is 1.62 bits per heavy atom. The van der Waals surface area contributed by atoms with Crippen molar-refractivity contribution in [1.29, 1.82) is 0 Å². The molecule has 2 amide bonds. The van der Waals surface area contributed by atoms with E-state index in [-0.39, 0.29) is 11.8 Å². The summed E-state index contributed by atoms with van der Waals surface area (Å²) in [5.41, 5.74) is 2.63. The van der Waals surface area contributed by atoms with Crippen LogP contribution in [-0.2, 0) is 4.79 Å². The number of pyridine rings is 1. The third-order valence-electron chi connectivity index (χ3n) is 3.18. The van der Waals surface area contributed by atoms with Crippen LogP contribution in [0.4, 0.5) is 17.1 Å². The van der Waals surface area contributed by atoms with Gasteiger partial charge < -0.3 is 16.0 Å². The van der Waals surface area contributed by atoms with Crippen LogP contribution in [0.15, 0.2) is 42.7 Å². The predicted molar refractivity (Wildman–Crippen MR) is 96.3 cm³/mol. The number of nitrogens with one attached hydrogen (secondary N) is 3. The van der Waals surface area contributed by atoms with E-state index in [1.807, 2.05) is 0 Å². The van der Waals surface area contributed by atoms with Gasteiger partial charge in [0.05, 0.1) is 11.3 Å². The Hall–Kier alpha value is -2.89. The molecule has 126 valence electrons. The maximum absolute atomic E-state index is 12.3. The first-order valence-corrected chi connectivity index (χ1v) is 7.82. The summed E-state index contributed by atoms with van der Waals surface area (Å²) in [6.07, 6.45) is 3.23. The van der Waals surface area contributed by atoms with Gasteiger partial charge in [0.1, 0.15) is 0 Å². The molecule has 0 bridgehead atoms. The van der Waals surface area contributed by atoms with Crippen molar-refractivity contribution < 1.29 is 9.59 Å². The van der Waals surface area contributed by atoms with Crippen molar-refractivity contribution >= 4 is 28.9 Å². The van der Waals surface area contributed by atoms with Crippen molar-refractivity contribution in [2.45, 2.75) is 20.8 Å². The molecule has 0 saturated carbocycles. The summed E-state index contributed by atoms with van der Waals surface area (Å²) in [4.78, 5) is 27.4. The van der Waals surface area contributed by atoms with E-state index in [0.717, 1.165) is 12.2 Å². The molecule has 0 unspecified atom stereocenters. The Balaban J connectivity index is 2.01. The summed E-state index contributed by atoms with van der Waals surface area (Å²) in [5.74, 6) is 0.135. The third-order valence-corrected chi connectivity index (χ3v) is 3.18. The summed E-state index contributed by atoms with van der Waals surface area (Å²) in [6.45, 7) is 6.49. The highest BCUT2D eigenvalue weighted by Crippen LogP contribution is 2.16. The largest absolute Gasteiger partial charge is 0.384 e. The van der Waals surface area contributed by atoms with Crippen LogP contribution < -0.4 is 16.0 Å². The van der Waals surface area contributed by atoms with Crippen LogP contribution in [0.25, 0.3) is 0 Å². The zero-order valence-electron chi connectivity index (χ0n) is 14.1. The van der Waals surface area contributed by atoms with Gasteiger partial charge in [0.15, 0.2) is 0 Å². The van der Waals surface area contributed by atoms with Gasteiger partial charge in [-0.25, -0.2) is 0 Å². The molecule has 3 N–H and O–H groups in total. The second-order valence-electron chi connectivity index (χ2n) is 5.95. The van der Waals surface area contributed by atoms with Crippen LogP contribution in [0.3, 0.4) is 0 Å². The highest BCUT2D eigenvalue weighted by molar-refractivity contribution is 6.04. The van der Waals surface area contributed by atoms with Gasteiger partial charge in [-0.05, 0) is 36.2 Å². The molecule has 0 aliphatic heterocycles. The Morgan fingerprint density at radius 1 is 1.00 bits per heavy atom. The van der Waals surface area contributed by atoms with Gasteiger partial charge in [-0.1, -0.05) is 13.8 Å². The zero-order chi connectivity index (χ0) is 17.5. The molecule has 24 heavy (non-hydrogen) atoms. The second kappa shape index (κ2) is 8.10. The number of carbonyl (C=O) groups is 2. The maximum atomic E-state index is 12.3. The molecule has 2 aromatic rings. The molecular formula is C18H22N4O2. The van der Waals surface area contributed by atoms with Gasteiger partial charge in [-0.2, -0.15) is 0 Å². The molecule has 0 aliphatic carbocycles. The maximum Gasteiger partial charge on any atom is 0.257 e. The number of rotatable bonds is 6. The van der Waals surface area contributed by atoms with Crippen LogP contribution in [0.2, 0.25) is 0 Å². The lowest BCUT2D eigenvalue weighted by Crippen LogP contribution is -2.14. The number of carbonyl (C=O) groups excluding carboxylic acids is 2. The zero-order valence-corrected chi connectivity index (χ0v) is 14.1. The van der Waals surface area contributed by atoms with Crippen molar-refractivity contribution in [1.82, 2.24) is 4.98 Å². The number of aromatic nitrogens is 1. The van der Waals surface area contributed by atoms with Crippen LogP contribution >= 0.6 is 0 Å². The van der Waals surface area contributed by atoms with Gasteiger partial charge in [-0.15, -0.1) is 0 Å². The van der Waals surface area contributed by atoms with Crippen LogP contribution in [0, 0.1) is 5.92 Å². The van der Waals surface area contributed by atoms with Crippen LogP contribution in [-0.4, -0.2) is 23.3 Å². The molecule has 0 spiro atoms. The Bertz CT molecular complexity index is 711. The van der Waals surface area contributed by atoms with Crippen molar-refractivity contribution in [3.63, 3.8) is 0 Å². The summed E-state index contributed by atoms with van der Waals surface area (Å²) in [6, 6.07) is 8.71. The standard InChI is InChI=1S/C18H22N4O2/c1-12(2)9-20-17-8-14(10-19-11-17)18(24)22-16-6-4-15(5-7-16)21-13(3)23/h4-8,10-12,20H,9H2,1-3H3,(H,21,23)(H,22,24). The van der Waals surface area contributed by atoms with Crippen molar-refractivity contribution in [2.75, 3.05) is 22.5 Å². The lowest BCUT2D eigenvalue weighted by atomic mass is 10.2. The topological polar surface area (TPSA) is 83.1 Å². The minimum Gasteiger partial charge on any atom is -0.384 e. The Kier molecular flexibility index (Phi) is 5.89. The van der Waals surface area contributed by atoms with E-state index >= 15 is 0 Å². The molecule has 0 fully saturated rings. The van der Waals surface area contributed by atoms with Crippen molar-refractivity contribution in [3.8, 4) is 0 Å². The van der Waals surface area contributed by atoms with Crippen LogP contribution in [0.1, 0.15) is 31.1 Å². The van der Waals surface area contributed by atoms with Gasteiger partial charge >= 0.3 is 0 Å². The molecule has 0 aliphatic rings. The highest BCUT2D eigenvalue weighted by atomic mass is 16.2. The molecule has 1 heterocycles. The lowest BCUT2D eigenvalue weighted by Gasteiger charge is -2.10. The molecular weight excluding hydrogens is 304 g/mol. The first-order chi connectivity index (χ1) is 11.4. The average Bonchev–Trinajstić information content (AvgIpc) is 2.54. The third kappa shape index (κ3) is 5.39. The summed E-state index contributed by atoms with van der Waals surface area (Å²) < 4.78 is 0. The first-order valence-electron chi connectivity index (χ1n) is 7.82. The minimum absolute atomic E-state index is 0.136. The van der Waals surface area contributed by atoms with Gasteiger partial charge in [0.25, 0.3) is 5.91 Å². The fourth-order valence-electron chi connectivity index (χ4n) is 2.03. The Labute approximate surface area is 141 Å². The van der Waals surface area contributed by atoms with Crippen molar-refractivity contribution in [3.05, 3.63) is 48.3 Å². The highest BCUT2D eigenvalue weighted by Gasteiger charge is 2.08. The predicted octanol–water partition coefficient (Wildman–Crippen LogP) is 3.36. The number of benzene rings is 1. The van der Waals surface area contributed by atoms with Gasteiger partial charge in [0, 0.05) is 37.2 Å². The van der Waals surface area contributed by atoms with E-state index in [9.17, 15) is 9.59 Å². The number of hydrogen-bond donors (Lipinski definition) is 3. The summed E-state index contributed by atoms with van der Waals surface area (Å²) in [5, 5.41) is 8.74. The molecule has 0 atom stereocenters. The van der Waals surface area contributed by atoms with E-state index in [4.69, 9.17) is 0 Å². The summed E-state index contributed by atoms with van der Waals surface area (Å²) in [7, 11) is 0. The number of nitrogens with zero attached hydrogens (tertiary/aromatic N) is 1. The average molecular weight is 326 g/mol. The van der Waals surface area contributed by atoms with E-state index in [1.165, 1.54) is 13.1 Å². The molecule has 1 aromatic heterocycles. The fraction of sp³-hybridized carbons (Fsp3) is 0.278. The van der Waals surface area contributed by atoms with E-state index < -0.39 is 0 Å². The number of hydrogen-bond acceptors (Lipinski definition) is 4. The Morgan fingerprint density at radius 3 is 2.21 bits per heavy atom. The molecule has 6 nitrogen and oxygen atoms in total. The quantitative estimate of drug-likeness (QED) is 0.760. The molecule has 0 saturated heterocycles. The smallest absolute Gasteiger partial charge is 0.257 e. The monoisotopic (exact) mass is 326 g/mol. The SMILES string of the molecule is CC(=O)Nc1ccc(NC(=O)c2cncc(NCC(C)C)c2)cc1. The lowest BCUT2D eigenvalue weighted by molar-refractivity contribution is -0.114. The van der Waals surface area contributed by atoms with E-state index in [2.05, 4.69) is 34.8 Å². The second-order valence-corrected chi connectivity index (χ2v) is 5.95. The normalized spacial score (nSPS) is 10.3. The van der Waals surface area contributed by atoms with Gasteiger partial charge in [0.2, 0.25) is 5.91 Å². The molecule has 1 aromatic carbocycles. The first kappa shape index (κ1) is 17.5. The molecule has 6 heteroatoms. The van der Waals surface area contributed by atoms with Gasteiger partial charge in [-0.3, -0.25) is 14.6 Å². The number of amides is 2. The summed E-state index contributed by atoms with van der Waals surface area (Å²) >= 11 is 0. The van der Waals surface area contributed by atoms with Crippen molar-refractivity contribution in [2.24, 2.45) is 5.92 Å².